The zero-order valence-corrected chi connectivity index (χ0v) is 18.3. The standard InChI is InChI=1S/C25H32O5/c1-22-7-4-16(26)10-14(22)11-17(21(28)29-3)20-18-5-8-24(9-6-19(27)30-24)23(18,2)12-15-13-25(15,20)22/h10,15,17-18,20H,4-9,11-13H2,1-3H3. The lowest BCUT2D eigenvalue weighted by atomic mass is 9.43. The molecule has 1 saturated heterocycles. The van der Waals surface area contributed by atoms with Gasteiger partial charge in [0.25, 0.3) is 0 Å². The molecule has 2 spiro atoms. The molecule has 8 unspecified atom stereocenters. The van der Waals surface area contributed by atoms with Crippen molar-refractivity contribution in [3.63, 3.8) is 0 Å². The summed E-state index contributed by atoms with van der Waals surface area (Å²) in [5, 5.41) is 0. The van der Waals surface area contributed by atoms with Gasteiger partial charge in [-0.3, -0.25) is 14.4 Å². The molecule has 4 saturated carbocycles. The van der Waals surface area contributed by atoms with Crippen molar-refractivity contribution >= 4 is 17.7 Å². The summed E-state index contributed by atoms with van der Waals surface area (Å²) >= 11 is 0. The number of ether oxygens (including phenoxy) is 2. The van der Waals surface area contributed by atoms with Gasteiger partial charge in [-0.1, -0.05) is 19.4 Å². The molecule has 0 aromatic carbocycles. The zero-order chi connectivity index (χ0) is 21.1. The lowest BCUT2D eigenvalue weighted by molar-refractivity contribution is -0.179. The predicted molar refractivity (Wildman–Crippen MR) is 108 cm³/mol. The molecule has 30 heavy (non-hydrogen) atoms. The molecule has 0 aromatic rings. The smallest absolute Gasteiger partial charge is 0.309 e. The fourth-order valence-electron chi connectivity index (χ4n) is 9.53. The Kier molecular flexibility index (Phi) is 3.54. The van der Waals surface area contributed by atoms with E-state index in [-0.39, 0.29) is 51.4 Å². The largest absolute Gasteiger partial charge is 0.469 e. The topological polar surface area (TPSA) is 69.7 Å². The molecule has 1 heterocycles. The van der Waals surface area contributed by atoms with Gasteiger partial charge in [0.1, 0.15) is 5.60 Å². The van der Waals surface area contributed by atoms with Crippen LogP contribution in [0.2, 0.25) is 0 Å². The van der Waals surface area contributed by atoms with Crippen LogP contribution in [0, 0.1) is 39.9 Å². The zero-order valence-electron chi connectivity index (χ0n) is 18.3. The van der Waals surface area contributed by atoms with Crippen LogP contribution in [0.5, 0.6) is 0 Å². The Morgan fingerprint density at radius 3 is 2.63 bits per heavy atom. The summed E-state index contributed by atoms with van der Waals surface area (Å²) in [5.41, 5.74) is 0.877. The number of fused-ring (bicyclic) bond motifs is 4. The molecule has 0 N–H and O–H groups in total. The normalized spacial score (nSPS) is 53.2. The molecule has 0 radical (unpaired) electrons. The number of esters is 2. The van der Waals surface area contributed by atoms with Crippen LogP contribution in [0.3, 0.4) is 0 Å². The van der Waals surface area contributed by atoms with E-state index in [4.69, 9.17) is 9.47 Å². The number of allylic oxidation sites excluding steroid dienone is 1. The highest BCUT2D eigenvalue weighted by Crippen LogP contribution is 2.85. The minimum atomic E-state index is -0.344. The second-order valence-corrected chi connectivity index (χ2v) is 11.5. The third-order valence-electron chi connectivity index (χ3n) is 10.9. The maximum absolute atomic E-state index is 13.1. The van der Waals surface area contributed by atoms with Crippen molar-refractivity contribution in [1.29, 1.82) is 0 Å². The number of methoxy groups -OCH3 is 1. The molecule has 162 valence electrons. The van der Waals surface area contributed by atoms with Crippen molar-refractivity contribution in [2.75, 3.05) is 7.11 Å². The van der Waals surface area contributed by atoms with Gasteiger partial charge < -0.3 is 9.47 Å². The van der Waals surface area contributed by atoms with Crippen LogP contribution in [-0.4, -0.2) is 30.4 Å². The average molecular weight is 413 g/mol. The second-order valence-electron chi connectivity index (χ2n) is 11.5. The second kappa shape index (κ2) is 5.58. The third-order valence-corrected chi connectivity index (χ3v) is 10.9. The van der Waals surface area contributed by atoms with Gasteiger partial charge >= 0.3 is 11.9 Å². The van der Waals surface area contributed by atoms with E-state index in [0.717, 1.165) is 38.5 Å². The van der Waals surface area contributed by atoms with Crippen molar-refractivity contribution in [2.45, 2.75) is 77.2 Å². The van der Waals surface area contributed by atoms with Crippen molar-refractivity contribution < 1.29 is 23.9 Å². The quantitative estimate of drug-likeness (QED) is 0.609. The summed E-state index contributed by atoms with van der Waals surface area (Å²) in [6.07, 6.45) is 9.53. The van der Waals surface area contributed by atoms with E-state index in [1.807, 2.05) is 6.08 Å². The number of hydrogen-bond donors (Lipinski definition) is 0. The van der Waals surface area contributed by atoms with E-state index >= 15 is 0 Å². The van der Waals surface area contributed by atoms with E-state index in [0.29, 0.717) is 31.1 Å². The van der Waals surface area contributed by atoms with E-state index in [1.54, 1.807) is 0 Å². The molecule has 0 amide bonds. The molecule has 5 aliphatic carbocycles. The summed E-state index contributed by atoms with van der Waals surface area (Å²) < 4.78 is 11.4. The van der Waals surface area contributed by atoms with Gasteiger partial charge in [-0.25, -0.2) is 0 Å². The maximum Gasteiger partial charge on any atom is 0.309 e. The number of carbonyl (C=O) groups is 3. The Bertz CT molecular complexity index is 905. The van der Waals surface area contributed by atoms with Crippen LogP contribution < -0.4 is 0 Å². The summed E-state index contributed by atoms with van der Waals surface area (Å²) in [5.74, 6) is 0.982. The number of rotatable bonds is 1. The highest BCUT2D eigenvalue weighted by Gasteiger charge is 2.81. The Morgan fingerprint density at radius 2 is 1.93 bits per heavy atom. The van der Waals surface area contributed by atoms with Gasteiger partial charge in [0.15, 0.2) is 5.78 Å². The van der Waals surface area contributed by atoms with Gasteiger partial charge in [-0.2, -0.15) is 0 Å². The lowest BCUT2D eigenvalue weighted by Crippen LogP contribution is -2.59. The van der Waals surface area contributed by atoms with Crippen molar-refractivity contribution in [1.82, 2.24) is 0 Å². The van der Waals surface area contributed by atoms with Crippen LogP contribution in [0.25, 0.3) is 0 Å². The molecule has 8 atom stereocenters. The summed E-state index contributed by atoms with van der Waals surface area (Å²) in [7, 11) is 1.49. The van der Waals surface area contributed by atoms with Crippen LogP contribution >= 0.6 is 0 Å². The van der Waals surface area contributed by atoms with E-state index in [2.05, 4.69) is 13.8 Å². The van der Waals surface area contributed by atoms with Crippen molar-refractivity contribution in [2.24, 2.45) is 39.9 Å². The number of hydrogen-bond acceptors (Lipinski definition) is 5. The Morgan fingerprint density at radius 1 is 1.13 bits per heavy atom. The average Bonchev–Trinajstić information content (AvgIpc) is 3.20. The summed E-state index contributed by atoms with van der Waals surface area (Å²) in [4.78, 5) is 37.5. The number of carbonyl (C=O) groups excluding carboxylic acids is 3. The fraction of sp³-hybridized carbons (Fsp3) is 0.800. The van der Waals surface area contributed by atoms with Crippen LogP contribution in [0.1, 0.15) is 71.6 Å². The Labute approximate surface area is 177 Å². The van der Waals surface area contributed by atoms with Crippen LogP contribution in [0.4, 0.5) is 0 Å². The Hall–Kier alpha value is -1.65. The number of ketones is 1. The Balaban J connectivity index is 1.49. The molecule has 0 aromatic heterocycles. The molecular weight excluding hydrogens is 380 g/mol. The minimum absolute atomic E-state index is 0.00417. The fourth-order valence-corrected chi connectivity index (χ4v) is 9.53. The monoisotopic (exact) mass is 412 g/mol. The third kappa shape index (κ3) is 1.94. The molecule has 1 aliphatic heterocycles. The molecule has 0 bridgehead atoms. The van der Waals surface area contributed by atoms with Gasteiger partial charge in [0, 0.05) is 18.3 Å². The molecule has 5 nitrogen and oxygen atoms in total. The van der Waals surface area contributed by atoms with E-state index in [1.165, 1.54) is 12.7 Å². The van der Waals surface area contributed by atoms with Gasteiger partial charge in [-0.05, 0) is 79.6 Å². The molecular formula is C25H32O5. The maximum atomic E-state index is 13.1. The minimum Gasteiger partial charge on any atom is -0.469 e. The predicted octanol–water partition coefficient (Wildman–Crippen LogP) is 3.99. The van der Waals surface area contributed by atoms with Gasteiger partial charge in [-0.15, -0.1) is 0 Å². The highest BCUT2D eigenvalue weighted by molar-refractivity contribution is 5.92. The van der Waals surface area contributed by atoms with E-state index < -0.39 is 0 Å². The van der Waals surface area contributed by atoms with Gasteiger partial charge in [0.05, 0.1) is 13.0 Å². The van der Waals surface area contributed by atoms with Crippen molar-refractivity contribution in [3.8, 4) is 0 Å². The van der Waals surface area contributed by atoms with Crippen LogP contribution in [0.15, 0.2) is 11.6 Å². The SMILES string of the molecule is COC(=O)C1CC2=CC(=O)CCC2(C)C23CC2CC2(C)C(CCC24CCC(=O)O4)C13. The summed E-state index contributed by atoms with van der Waals surface area (Å²) in [6.45, 7) is 4.71. The molecule has 6 rings (SSSR count). The lowest BCUT2D eigenvalue weighted by Gasteiger charge is -2.61. The molecule has 5 heteroatoms. The van der Waals surface area contributed by atoms with Gasteiger partial charge in [0.2, 0.25) is 0 Å². The van der Waals surface area contributed by atoms with Crippen LogP contribution in [-0.2, 0) is 23.9 Å². The molecule has 5 fully saturated rings. The van der Waals surface area contributed by atoms with Crippen molar-refractivity contribution in [3.05, 3.63) is 11.6 Å². The highest BCUT2D eigenvalue weighted by atomic mass is 16.6. The van der Waals surface area contributed by atoms with E-state index in [9.17, 15) is 14.4 Å². The summed E-state index contributed by atoms with van der Waals surface area (Å²) in [6, 6.07) is 0. The first-order valence-electron chi connectivity index (χ1n) is 11.7. The molecule has 6 aliphatic rings. The first-order valence-corrected chi connectivity index (χ1v) is 11.7. The first kappa shape index (κ1) is 19.1. The first-order chi connectivity index (χ1) is 14.2.